The maximum atomic E-state index is 11.8. The summed E-state index contributed by atoms with van der Waals surface area (Å²) >= 11 is 0. The Balaban J connectivity index is 0.00000162. The van der Waals surface area contributed by atoms with E-state index in [9.17, 15) is 4.79 Å². The third kappa shape index (κ3) is 4.20. The van der Waals surface area contributed by atoms with Crippen molar-refractivity contribution in [1.82, 2.24) is 4.90 Å². The SMILES string of the molecule is Cl.NC1CCCN(C(=O)OCc2ccccc2)C1. The molecule has 1 heterocycles. The topological polar surface area (TPSA) is 55.6 Å². The van der Waals surface area contributed by atoms with E-state index >= 15 is 0 Å². The van der Waals surface area contributed by atoms with Gasteiger partial charge in [0, 0.05) is 19.1 Å². The highest BCUT2D eigenvalue weighted by Crippen LogP contribution is 2.10. The molecule has 1 aliphatic rings. The predicted octanol–water partition coefficient (Wildman–Crippen LogP) is 2.17. The molecule has 4 nitrogen and oxygen atoms in total. The van der Waals surface area contributed by atoms with Gasteiger partial charge in [-0.25, -0.2) is 4.79 Å². The Morgan fingerprint density at radius 3 is 2.78 bits per heavy atom. The van der Waals surface area contributed by atoms with Crippen LogP contribution < -0.4 is 5.73 Å². The van der Waals surface area contributed by atoms with Gasteiger partial charge < -0.3 is 15.4 Å². The lowest BCUT2D eigenvalue weighted by Gasteiger charge is -2.29. The van der Waals surface area contributed by atoms with E-state index in [1.165, 1.54) is 0 Å². The predicted molar refractivity (Wildman–Crippen MR) is 72.7 cm³/mol. The largest absolute Gasteiger partial charge is 0.445 e. The van der Waals surface area contributed by atoms with E-state index in [0.717, 1.165) is 24.9 Å². The molecule has 18 heavy (non-hydrogen) atoms. The molecule has 0 radical (unpaired) electrons. The molecule has 0 bridgehead atoms. The van der Waals surface area contributed by atoms with Crippen LogP contribution >= 0.6 is 12.4 Å². The standard InChI is InChI=1S/C13H18N2O2.ClH/c14-12-7-4-8-15(9-12)13(16)17-10-11-5-2-1-3-6-11;/h1-3,5-6,12H,4,7-10,14H2;1H. The van der Waals surface area contributed by atoms with Gasteiger partial charge in [0.1, 0.15) is 6.61 Å². The van der Waals surface area contributed by atoms with Crippen LogP contribution in [0.1, 0.15) is 18.4 Å². The lowest BCUT2D eigenvalue weighted by molar-refractivity contribution is 0.0862. The molecule has 1 saturated heterocycles. The number of nitrogens with two attached hydrogens (primary N) is 1. The number of amides is 1. The number of piperidine rings is 1. The number of hydrogen-bond donors (Lipinski definition) is 1. The molecular formula is C13H19ClN2O2. The lowest BCUT2D eigenvalue weighted by atomic mass is 10.1. The number of hydrogen-bond acceptors (Lipinski definition) is 3. The Morgan fingerprint density at radius 2 is 2.11 bits per heavy atom. The quantitative estimate of drug-likeness (QED) is 0.896. The molecule has 0 aromatic heterocycles. The number of rotatable bonds is 2. The summed E-state index contributed by atoms with van der Waals surface area (Å²) in [6.07, 6.45) is 1.69. The lowest BCUT2D eigenvalue weighted by Crippen LogP contribution is -2.45. The van der Waals surface area contributed by atoms with Crippen LogP contribution in [0.2, 0.25) is 0 Å². The summed E-state index contributed by atoms with van der Waals surface area (Å²) in [5.74, 6) is 0. The monoisotopic (exact) mass is 270 g/mol. The van der Waals surface area contributed by atoms with Crippen LogP contribution in [0.25, 0.3) is 0 Å². The molecular weight excluding hydrogens is 252 g/mol. The smallest absolute Gasteiger partial charge is 0.410 e. The average Bonchev–Trinajstić information content (AvgIpc) is 2.37. The van der Waals surface area contributed by atoms with Crippen LogP contribution in [0.15, 0.2) is 30.3 Å². The van der Waals surface area contributed by atoms with Crippen LogP contribution in [-0.2, 0) is 11.3 Å². The third-order valence-corrected chi connectivity index (χ3v) is 2.92. The fourth-order valence-electron chi connectivity index (χ4n) is 1.99. The Kier molecular flexibility index (Phi) is 5.95. The van der Waals surface area contributed by atoms with Gasteiger partial charge in [0.15, 0.2) is 0 Å². The maximum absolute atomic E-state index is 11.8. The van der Waals surface area contributed by atoms with E-state index < -0.39 is 0 Å². The minimum atomic E-state index is -0.260. The van der Waals surface area contributed by atoms with E-state index in [4.69, 9.17) is 10.5 Å². The van der Waals surface area contributed by atoms with Crippen LogP contribution in [0.4, 0.5) is 4.79 Å². The zero-order chi connectivity index (χ0) is 12.1. The first kappa shape index (κ1) is 14.8. The molecule has 1 unspecified atom stereocenters. The van der Waals surface area contributed by atoms with Gasteiger partial charge in [-0.15, -0.1) is 12.4 Å². The van der Waals surface area contributed by atoms with Crippen LogP contribution in [0.5, 0.6) is 0 Å². The molecule has 0 saturated carbocycles. The number of carbonyl (C=O) groups is 1. The summed E-state index contributed by atoms with van der Waals surface area (Å²) < 4.78 is 5.25. The van der Waals surface area contributed by atoms with E-state index in [0.29, 0.717) is 13.2 Å². The van der Waals surface area contributed by atoms with Crippen molar-refractivity contribution in [2.24, 2.45) is 5.73 Å². The Morgan fingerprint density at radius 1 is 1.39 bits per heavy atom. The third-order valence-electron chi connectivity index (χ3n) is 2.92. The van der Waals surface area contributed by atoms with Crippen molar-refractivity contribution in [2.45, 2.75) is 25.5 Å². The zero-order valence-electron chi connectivity index (χ0n) is 10.2. The van der Waals surface area contributed by atoms with Gasteiger partial charge in [-0.2, -0.15) is 0 Å². The summed E-state index contributed by atoms with van der Waals surface area (Å²) in [4.78, 5) is 13.5. The number of benzene rings is 1. The van der Waals surface area contributed by atoms with Gasteiger partial charge in [-0.05, 0) is 18.4 Å². The highest BCUT2D eigenvalue weighted by molar-refractivity contribution is 5.85. The second kappa shape index (κ2) is 7.24. The first-order valence-corrected chi connectivity index (χ1v) is 5.97. The maximum Gasteiger partial charge on any atom is 0.410 e. The number of carbonyl (C=O) groups excluding carboxylic acids is 1. The molecule has 1 aliphatic heterocycles. The van der Waals surface area contributed by atoms with Crippen LogP contribution in [0, 0.1) is 0 Å². The summed E-state index contributed by atoms with van der Waals surface area (Å²) in [6.45, 7) is 1.68. The zero-order valence-corrected chi connectivity index (χ0v) is 11.1. The Hall–Kier alpha value is -1.26. The van der Waals surface area contributed by atoms with Crippen LogP contribution in [0.3, 0.4) is 0 Å². The van der Waals surface area contributed by atoms with E-state index in [-0.39, 0.29) is 24.5 Å². The first-order chi connectivity index (χ1) is 8.25. The number of ether oxygens (including phenoxy) is 1. The fourth-order valence-corrected chi connectivity index (χ4v) is 1.99. The summed E-state index contributed by atoms with van der Waals surface area (Å²) in [6, 6.07) is 9.77. The van der Waals surface area contributed by atoms with Crippen molar-refractivity contribution in [1.29, 1.82) is 0 Å². The van der Waals surface area contributed by atoms with Crippen molar-refractivity contribution in [3.63, 3.8) is 0 Å². The highest BCUT2D eigenvalue weighted by atomic mass is 35.5. The summed E-state index contributed by atoms with van der Waals surface area (Å²) in [5.41, 5.74) is 6.82. The average molecular weight is 271 g/mol. The van der Waals surface area contributed by atoms with Crippen molar-refractivity contribution in [3.8, 4) is 0 Å². The van der Waals surface area contributed by atoms with Gasteiger partial charge in [-0.3, -0.25) is 0 Å². The summed E-state index contributed by atoms with van der Waals surface area (Å²) in [7, 11) is 0. The molecule has 1 aromatic carbocycles. The highest BCUT2D eigenvalue weighted by Gasteiger charge is 2.22. The molecule has 1 fully saturated rings. The van der Waals surface area contributed by atoms with E-state index in [1.807, 2.05) is 30.3 Å². The molecule has 0 aliphatic carbocycles. The van der Waals surface area contributed by atoms with Gasteiger partial charge >= 0.3 is 6.09 Å². The minimum absolute atomic E-state index is 0. The molecule has 2 rings (SSSR count). The molecule has 1 aromatic rings. The van der Waals surface area contributed by atoms with Crippen molar-refractivity contribution < 1.29 is 9.53 Å². The molecule has 2 N–H and O–H groups in total. The normalized spacial score (nSPS) is 18.9. The second-order valence-electron chi connectivity index (χ2n) is 4.39. The van der Waals surface area contributed by atoms with Crippen molar-refractivity contribution in [2.75, 3.05) is 13.1 Å². The number of likely N-dealkylation sites (tertiary alicyclic amines) is 1. The summed E-state index contributed by atoms with van der Waals surface area (Å²) in [5, 5.41) is 0. The van der Waals surface area contributed by atoms with Gasteiger partial charge in [0.05, 0.1) is 0 Å². The molecule has 100 valence electrons. The minimum Gasteiger partial charge on any atom is -0.445 e. The van der Waals surface area contributed by atoms with Crippen molar-refractivity contribution in [3.05, 3.63) is 35.9 Å². The van der Waals surface area contributed by atoms with Gasteiger partial charge in [0.2, 0.25) is 0 Å². The van der Waals surface area contributed by atoms with Crippen LogP contribution in [-0.4, -0.2) is 30.1 Å². The molecule has 0 spiro atoms. The fraction of sp³-hybridized carbons (Fsp3) is 0.462. The first-order valence-electron chi connectivity index (χ1n) is 5.97. The van der Waals surface area contributed by atoms with E-state index in [2.05, 4.69) is 0 Å². The molecule has 1 amide bonds. The molecule has 1 atom stereocenters. The Labute approximate surface area is 114 Å². The Bertz CT molecular complexity index is 373. The second-order valence-corrected chi connectivity index (χ2v) is 4.39. The van der Waals surface area contributed by atoms with E-state index in [1.54, 1.807) is 4.90 Å². The number of nitrogens with zero attached hydrogens (tertiary/aromatic N) is 1. The number of halogens is 1. The van der Waals surface area contributed by atoms with Crippen molar-refractivity contribution >= 4 is 18.5 Å². The molecule has 5 heteroatoms. The van der Waals surface area contributed by atoms with Gasteiger partial charge in [-0.1, -0.05) is 30.3 Å². The van der Waals surface area contributed by atoms with Gasteiger partial charge in [0.25, 0.3) is 0 Å².